The number of benzene rings is 1. The number of fused-ring (bicyclic) bond motifs is 2. The maximum absolute atomic E-state index is 12.7. The molecule has 0 saturated carbocycles. The molecule has 3 aromatic heterocycles. The SMILES string of the molecule is NC(=O)c1c(NC(=O)CSc2ncnc3c2cnn3-c2ccccc2)sc2c1CCCC2. The molecule has 0 spiro atoms. The molecule has 0 unspecified atom stereocenters. The monoisotopic (exact) mass is 464 g/mol. The molecule has 3 N–H and O–H groups in total. The summed E-state index contributed by atoms with van der Waals surface area (Å²) < 4.78 is 1.75. The quantitative estimate of drug-likeness (QED) is 0.333. The first-order valence-electron chi connectivity index (χ1n) is 10.2. The first kappa shape index (κ1) is 20.7. The fourth-order valence-corrected chi connectivity index (χ4v) is 5.98. The van der Waals surface area contributed by atoms with Gasteiger partial charge in [0, 0.05) is 4.88 Å². The van der Waals surface area contributed by atoms with Crippen LogP contribution in [0.25, 0.3) is 16.7 Å². The molecule has 5 rings (SSSR count). The topological polar surface area (TPSA) is 116 Å². The van der Waals surface area contributed by atoms with Gasteiger partial charge in [0.1, 0.15) is 16.4 Å². The van der Waals surface area contributed by atoms with E-state index in [0.717, 1.165) is 47.2 Å². The van der Waals surface area contributed by atoms with Crippen LogP contribution in [0, 0.1) is 0 Å². The fraction of sp³-hybridized carbons (Fsp3) is 0.227. The fourth-order valence-electron chi connectivity index (χ4n) is 3.91. The number of nitrogens with two attached hydrogens (primary N) is 1. The van der Waals surface area contributed by atoms with Crippen LogP contribution in [0.15, 0.2) is 47.9 Å². The number of para-hydroxylation sites is 1. The van der Waals surface area contributed by atoms with Crippen molar-refractivity contribution in [3.63, 3.8) is 0 Å². The third-order valence-electron chi connectivity index (χ3n) is 5.34. The van der Waals surface area contributed by atoms with Crippen molar-refractivity contribution in [1.29, 1.82) is 0 Å². The molecule has 0 bridgehead atoms. The number of aromatic nitrogens is 4. The lowest BCUT2D eigenvalue weighted by Crippen LogP contribution is -2.19. The van der Waals surface area contributed by atoms with Crippen molar-refractivity contribution in [1.82, 2.24) is 19.7 Å². The number of carbonyl (C=O) groups is 2. The Morgan fingerprint density at radius 3 is 2.78 bits per heavy atom. The van der Waals surface area contributed by atoms with E-state index in [-0.39, 0.29) is 11.7 Å². The van der Waals surface area contributed by atoms with E-state index in [2.05, 4.69) is 20.4 Å². The molecule has 32 heavy (non-hydrogen) atoms. The number of anilines is 1. The van der Waals surface area contributed by atoms with E-state index >= 15 is 0 Å². The van der Waals surface area contributed by atoms with Crippen molar-refractivity contribution in [3.05, 3.63) is 58.9 Å². The Morgan fingerprint density at radius 1 is 1.16 bits per heavy atom. The predicted molar refractivity (Wildman–Crippen MR) is 125 cm³/mol. The third kappa shape index (κ3) is 3.87. The highest BCUT2D eigenvalue weighted by atomic mass is 32.2. The van der Waals surface area contributed by atoms with Crippen molar-refractivity contribution in [2.75, 3.05) is 11.1 Å². The van der Waals surface area contributed by atoms with Crippen molar-refractivity contribution in [2.45, 2.75) is 30.7 Å². The molecule has 4 aromatic rings. The minimum atomic E-state index is -0.488. The van der Waals surface area contributed by atoms with Gasteiger partial charge >= 0.3 is 0 Å². The number of thiophene rings is 1. The Balaban J connectivity index is 1.34. The van der Waals surface area contributed by atoms with Gasteiger partial charge < -0.3 is 11.1 Å². The summed E-state index contributed by atoms with van der Waals surface area (Å²) >= 11 is 2.77. The van der Waals surface area contributed by atoms with Gasteiger partial charge in [0.2, 0.25) is 5.91 Å². The standard InChI is InChI=1S/C22H20N6O2S2/c23-19(30)18-14-8-4-5-9-16(14)32-22(18)27-17(29)11-31-21-15-10-26-28(20(15)24-12-25-21)13-6-2-1-3-7-13/h1-3,6-7,10,12H,4-5,8-9,11H2,(H2,23,30)(H,27,29). The molecule has 0 radical (unpaired) electrons. The lowest BCUT2D eigenvalue weighted by molar-refractivity contribution is -0.113. The van der Waals surface area contributed by atoms with Gasteiger partial charge in [0.05, 0.1) is 28.6 Å². The van der Waals surface area contributed by atoms with E-state index in [1.807, 2.05) is 30.3 Å². The minimum Gasteiger partial charge on any atom is -0.365 e. The Hall–Kier alpha value is -3.24. The number of hydrogen-bond donors (Lipinski definition) is 2. The number of aryl methyl sites for hydroxylation is 1. The Morgan fingerprint density at radius 2 is 1.97 bits per heavy atom. The van der Waals surface area contributed by atoms with Crippen molar-refractivity contribution < 1.29 is 9.59 Å². The number of carbonyl (C=O) groups excluding carboxylic acids is 2. The average Bonchev–Trinajstić information content (AvgIpc) is 3.39. The van der Waals surface area contributed by atoms with E-state index in [1.165, 1.54) is 29.4 Å². The summed E-state index contributed by atoms with van der Waals surface area (Å²) in [6.07, 6.45) is 7.07. The van der Waals surface area contributed by atoms with E-state index in [9.17, 15) is 9.59 Å². The van der Waals surface area contributed by atoms with Gasteiger partial charge in [-0.1, -0.05) is 30.0 Å². The van der Waals surface area contributed by atoms with E-state index in [4.69, 9.17) is 5.73 Å². The van der Waals surface area contributed by atoms with Crippen LogP contribution in [0.4, 0.5) is 5.00 Å². The van der Waals surface area contributed by atoms with Crippen LogP contribution >= 0.6 is 23.1 Å². The Bertz CT molecular complexity index is 1310. The minimum absolute atomic E-state index is 0.142. The second-order valence-corrected chi connectivity index (χ2v) is 9.49. The number of rotatable bonds is 6. The molecule has 0 saturated heterocycles. The summed E-state index contributed by atoms with van der Waals surface area (Å²) in [7, 11) is 0. The zero-order valence-electron chi connectivity index (χ0n) is 17.1. The van der Waals surface area contributed by atoms with Gasteiger partial charge in [-0.25, -0.2) is 14.6 Å². The summed E-state index contributed by atoms with van der Waals surface area (Å²) in [5.74, 6) is -0.555. The summed E-state index contributed by atoms with van der Waals surface area (Å²) in [6.45, 7) is 0. The predicted octanol–water partition coefficient (Wildman–Crippen LogP) is 3.59. The second-order valence-electron chi connectivity index (χ2n) is 7.42. The molecular formula is C22H20N6O2S2. The molecular weight excluding hydrogens is 444 g/mol. The number of primary amides is 1. The van der Waals surface area contributed by atoms with Gasteiger partial charge in [0.15, 0.2) is 5.65 Å². The summed E-state index contributed by atoms with van der Waals surface area (Å²) in [4.78, 5) is 34.6. The van der Waals surface area contributed by atoms with E-state index < -0.39 is 5.91 Å². The second kappa shape index (κ2) is 8.71. The Kier molecular flexibility index (Phi) is 5.62. The average molecular weight is 465 g/mol. The zero-order chi connectivity index (χ0) is 22.1. The van der Waals surface area contributed by atoms with Gasteiger partial charge in [-0.15, -0.1) is 11.3 Å². The number of amides is 2. The van der Waals surface area contributed by atoms with Crippen molar-refractivity contribution >= 4 is 50.9 Å². The lowest BCUT2D eigenvalue weighted by atomic mass is 9.95. The maximum Gasteiger partial charge on any atom is 0.251 e. The molecule has 10 heteroatoms. The molecule has 0 fully saturated rings. The van der Waals surface area contributed by atoms with Crippen LogP contribution < -0.4 is 11.1 Å². The molecule has 0 atom stereocenters. The number of nitrogens with one attached hydrogen (secondary N) is 1. The highest BCUT2D eigenvalue weighted by Gasteiger charge is 2.25. The summed E-state index contributed by atoms with van der Waals surface area (Å²) in [6, 6.07) is 9.72. The highest BCUT2D eigenvalue weighted by molar-refractivity contribution is 8.00. The molecule has 1 aliphatic carbocycles. The Labute approximate surface area is 192 Å². The van der Waals surface area contributed by atoms with Gasteiger partial charge in [-0.05, 0) is 43.4 Å². The van der Waals surface area contributed by atoms with Crippen LogP contribution in [-0.4, -0.2) is 37.3 Å². The van der Waals surface area contributed by atoms with Crippen molar-refractivity contribution in [2.24, 2.45) is 5.73 Å². The maximum atomic E-state index is 12.7. The molecule has 1 aromatic carbocycles. The van der Waals surface area contributed by atoms with Gasteiger partial charge in [-0.2, -0.15) is 5.10 Å². The van der Waals surface area contributed by atoms with E-state index in [0.29, 0.717) is 21.2 Å². The molecule has 162 valence electrons. The normalized spacial score (nSPS) is 13.1. The van der Waals surface area contributed by atoms with Crippen LogP contribution in [0.2, 0.25) is 0 Å². The van der Waals surface area contributed by atoms with Crippen LogP contribution in [-0.2, 0) is 17.6 Å². The molecule has 0 aliphatic heterocycles. The van der Waals surface area contributed by atoms with Crippen LogP contribution in [0.3, 0.4) is 0 Å². The summed E-state index contributed by atoms with van der Waals surface area (Å²) in [5, 5.41) is 9.34. The third-order valence-corrected chi connectivity index (χ3v) is 7.55. The molecule has 2 amide bonds. The van der Waals surface area contributed by atoms with Crippen molar-refractivity contribution in [3.8, 4) is 5.69 Å². The van der Waals surface area contributed by atoms with Crippen LogP contribution in [0.5, 0.6) is 0 Å². The molecule has 1 aliphatic rings. The van der Waals surface area contributed by atoms with Crippen LogP contribution in [0.1, 0.15) is 33.6 Å². The lowest BCUT2D eigenvalue weighted by Gasteiger charge is -2.11. The number of thioether (sulfide) groups is 1. The largest absolute Gasteiger partial charge is 0.365 e. The van der Waals surface area contributed by atoms with Gasteiger partial charge in [-0.3, -0.25) is 9.59 Å². The first-order valence-corrected chi connectivity index (χ1v) is 12.0. The smallest absolute Gasteiger partial charge is 0.251 e. The van der Waals surface area contributed by atoms with Gasteiger partial charge in [0.25, 0.3) is 5.91 Å². The molecule has 8 nitrogen and oxygen atoms in total. The number of hydrogen-bond acceptors (Lipinski definition) is 7. The molecule has 3 heterocycles. The van der Waals surface area contributed by atoms with E-state index in [1.54, 1.807) is 10.9 Å². The highest BCUT2D eigenvalue weighted by Crippen LogP contribution is 2.38. The summed E-state index contributed by atoms with van der Waals surface area (Å²) in [5.41, 5.74) is 8.67. The zero-order valence-corrected chi connectivity index (χ0v) is 18.7. The first-order chi connectivity index (χ1) is 15.6. The number of nitrogens with zero attached hydrogens (tertiary/aromatic N) is 4.